The number of rotatable bonds is 14. The Bertz CT molecular complexity index is 1880. The molecule has 0 bridgehead atoms. The molecule has 3 aromatic heterocycles. The molecule has 5 heterocycles. The van der Waals surface area contributed by atoms with E-state index in [0.29, 0.717) is 12.0 Å². The second-order valence-corrected chi connectivity index (χ2v) is 15.1. The summed E-state index contributed by atoms with van der Waals surface area (Å²) in [6, 6.07) is 1.33. The fourth-order valence-electron chi connectivity index (χ4n) is 5.15. The number of carbonyl (C=O) groups is 1. The molecule has 2 saturated heterocycles. The number of carbonyl (C=O) groups excluding carboxylic acids is 1. The smallest absolute Gasteiger partial charge is 0.481 e. The lowest BCUT2D eigenvalue weighted by atomic mass is 10.1. The Morgan fingerprint density at radius 3 is 2.22 bits per heavy atom. The third-order valence-corrected chi connectivity index (χ3v) is 10.6. The molecule has 2 fully saturated rings. The van der Waals surface area contributed by atoms with Gasteiger partial charge in [0.1, 0.15) is 42.4 Å². The molecule has 24 nitrogen and oxygen atoms in total. The van der Waals surface area contributed by atoms with E-state index in [1.165, 1.54) is 12.3 Å². The molecule has 27 heteroatoms. The second-order valence-electron chi connectivity index (χ2n) is 10.9. The van der Waals surface area contributed by atoms with E-state index in [-0.39, 0.29) is 22.5 Å². The van der Waals surface area contributed by atoms with E-state index < -0.39 is 91.7 Å². The summed E-state index contributed by atoms with van der Waals surface area (Å²) >= 11 is 0. The topological polar surface area (TPSA) is 362 Å². The maximum Gasteiger partial charge on any atom is 0.481 e. The van der Waals surface area contributed by atoms with Crippen molar-refractivity contribution in [2.24, 2.45) is 0 Å². The number of fused-ring (bicyclic) bond motifs is 1. The lowest BCUT2D eigenvalue weighted by molar-refractivity contribution is -0.766. The molecule has 9 N–H and O–H groups in total. The van der Waals surface area contributed by atoms with Crippen molar-refractivity contribution in [3.8, 4) is 0 Å². The van der Waals surface area contributed by atoms with Gasteiger partial charge in [0.05, 0.1) is 31.1 Å². The van der Waals surface area contributed by atoms with E-state index in [1.807, 2.05) is 0 Å². The van der Waals surface area contributed by atoms with Crippen molar-refractivity contribution in [2.45, 2.75) is 62.4 Å². The van der Waals surface area contributed by atoms with Crippen molar-refractivity contribution in [2.75, 3.05) is 18.9 Å². The van der Waals surface area contributed by atoms with Crippen LogP contribution in [0.5, 0.6) is 0 Å². The summed E-state index contributed by atoms with van der Waals surface area (Å²) in [5.41, 5.74) is 6.06. The minimum Gasteiger partial charge on any atom is -0.545 e. The molecule has 276 valence electrons. The zero-order chi connectivity index (χ0) is 36.8. The summed E-state index contributed by atoms with van der Waals surface area (Å²) in [6.07, 6.45) is -8.41. The van der Waals surface area contributed by atoms with Gasteiger partial charge in [0, 0.05) is 5.56 Å². The van der Waals surface area contributed by atoms with E-state index in [2.05, 4.69) is 23.8 Å². The predicted molar refractivity (Wildman–Crippen MR) is 155 cm³/mol. The molecule has 5 rings (SSSR count). The summed E-state index contributed by atoms with van der Waals surface area (Å²) in [5.74, 6) is -1.59. The number of hydrogen-bond acceptors (Lipinski definition) is 18. The van der Waals surface area contributed by atoms with Gasteiger partial charge in [0.25, 0.3) is 6.23 Å². The summed E-state index contributed by atoms with van der Waals surface area (Å²) in [7, 11) is -16.3. The number of phosphoric ester groups is 3. The molecule has 10 atom stereocenters. The molecule has 2 aliphatic heterocycles. The summed E-state index contributed by atoms with van der Waals surface area (Å²) in [6.45, 7) is -0.355. The molecule has 0 aromatic carbocycles. The van der Waals surface area contributed by atoms with E-state index in [4.69, 9.17) is 24.3 Å². The van der Waals surface area contributed by atoms with Crippen molar-refractivity contribution in [1.29, 1.82) is 0 Å². The van der Waals surface area contributed by atoms with Gasteiger partial charge in [-0.15, -0.1) is 0 Å². The molecule has 0 aliphatic carbocycles. The molecule has 2 aliphatic rings. The minimum atomic E-state index is -5.55. The van der Waals surface area contributed by atoms with E-state index in [1.54, 1.807) is 6.92 Å². The van der Waals surface area contributed by atoms with Crippen molar-refractivity contribution in [1.82, 2.24) is 19.5 Å². The Labute approximate surface area is 280 Å². The van der Waals surface area contributed by atoms with Crippen LogP contribution in [0.1, 0.15) is 35.3 Å². The minimum absolute atomic E-state index is 0.00399. The van der Waals surface area contributed by atoms with Crippen LogP contribution < -0.4 is 15.4 Å². The van der Waals surface area contributed by atoms with Crippen LogP contribution in [0.4, 0.5) is 5.82 Å². The van der Waals surface area contributed by atoms with Gasteiger partial charge in [-0.2, -0.15) is 8.88 Å². The van der Waals surface area contributed by atoms with Crippen LogP contribution in [0.25, 0.3) is 11.2 Å². The molecule has 50 heavy (non-hydrogen) atoms. The van der Waals surface area contributed by atoms with Crippen molar-refractivity contribution in [3.63, 3.8) is 0 Å². The zero-order valence-corrected chi connectivity index (χ0v) is 28.1. The average Bonchev–Trinajstić information content (AvgIpc) is 3.68. The highest BCUT2D eigenvalue weighted by molar-refractivity contribution is 7.61. The number of aryl methyl sites for hydroxylation is 1. The fraction of sp³-hybridized carbons (Fsp3) is 0.522. The number of hydrogen-bond donors (Lipinski definition) is 8. The maximum atomic E-state index is 12.6. The van der Waals surface area contributed by atoms with Crippen LogP contribution in [-0.2, 0) is 47.5 Å². The number of pyridine rings is 1. The highest BCUT2D eigenvalue weighted by Gasteiger charge is 2.51. The van der Waals surface area contributed by atoms with Crippen molar-refractivity contribution >= 4 is 46.4 Å². The van der Waals surface area contributed by atoms with Crippen LogP contribution in [0.3, 0.4) is 0 Å². The number of nitrogen functional groups attached to an aromatic ring is 1. The van der Waals surface area contributed by atoms with Crippen LogP contribution in [-0.4, -0.2) is 110 Å². The molecule has 0 spiro atoms. The fourth-order valence-corrected chi connectivity index (χ4v) is 7.79. The third kappa shape index (κ3) is 8.60. The Balaban J connectivity index is 1.22. The van der Waals surface area contributed by atoms with Crippen LogP contribution in [0, 0.1) is 0 Å². The number of phosphoric acid groups is 3. The van der Waals surface area contributed by atoms with E-state index in [0.717, 1.165) is 28.0 Å². The first-order valence-corrected chi connectivity index (χ1v) is 18.8. The first-order valence-electron chi connectivity index (χ1n) is 14.2. The van der Waals surface area contributed by atoms with Gasteiger partial charge in [-0.1, -0.05) is 6.92 Å². The van der Waals surface area contributed by atoms with Crippen molar-refractivity contribution < 1.29 is 90.4 Å². The predicted octanol–water partition coefficient (Wildman–Crippen LogP) is -3.07. The van der Waals surface area contributed by atoms with E-state index in [9.17, 15) is 58.5 Å². The summed E-state index contributed by atoms with van der Waals surface area (Å²) in [4.78, 5) is 62.2. The number of nitrogens with zero attached hydrogens (tertiary/aromatic N) is 5. The van der Waals surface area contributed by atoms with Gasteiger partial charge in [-0.05, 0) is 12.5 Å². The van der Waals surface area contributed by atoms with Gasteiger partial charge >= 0.3 is 23.5 Å². The van der Waals surface area contributed by atoms with Gasteiger partial charge in [-0.25, -0.2) is 28.6 Å². The molecule has 0 amide bonds. The third-order valence-electron chi connectivity index (χ3n) is 7.46. The molecular weight excluding hydrogens is 741 g/mol. The monoisotopic (exact) mass is 772 g/mol. The number of aliphatic hydroxyl groups is 3. The highest BCUT2D eigenvalue weighted by Crippen LogP contribution is 2.61. The Morgan fingerprint density at radius 1 is 0.980 bits per heavy atom. The number of ether oxygens (including phenoxy) is 2. The highest BCUT2D eigenvalue weighted by atomic mass is 31.3. The Hall–Kier alpha value is -2.86. The average molecular weight is 772 g/mol. The van der Waals surface area contributed by atoms with Crippen LogP contribution in [0.2, 0.25) is 0 Å². The van der Waals surface area contributed by atoms with Gasteiger partial charge < -0.3 is 60.0 Å². The SMILES string of the molecule is CCc1cc(C(=O)[O-])c[n+]([C@H]2O[C@@H](COP(=O)(O)OP(=O)(O)OC[C@H]3O[C@@H](n4cnc5c(N)ncnc54)[C@H](OP(=O)(O)O)[C@@H]3O)[C@H](O)[C@@H]2O)c1. The number of carboxylic acid groups (broad SMARTS) is 1. The number of anilines is 1. The number of imidazole rings is 1. The van der Waals surface area contributed by atoms with Crippen LogP contribution in [0.15, 0.2) is 31.1 Å². The molecule has 2 unspecified atom stereocenters. The zero-order valence-electron chi connectivity index (χ0n) is 25.4. The second kappa shape index (κ2) is 14.6. The molecule has 3 aromatic rings. The Morgan fingerprint density at radius 2 is 1.62 bits per heavy atom. The number of aromatic nitrogens is 5. The van der Waals surface area contributed by atoms with Gasteiger partial charge in [-0.3, -0.25) is 18.1 Å². The Kier molecular flexibility index (Phi) is 11.2. The van der Waals surface area contributed by atoms with Gasteiger partial charge in [0.15, 0.2) is 36.2 Å². The van der Waals surface area contributed by atoms with Gasteiger partial charge in [0.2, 0.25) is 0 Å². The quantitative estimate of drug-likeness (QED) is 0.0595. The first kappa shape index (κ1) is 38.4. The van der Waals surface area contributed by atoms with E-state index >= 15 is 0 Å². The lowest BCUT2D eigenvalue weighted by Crippen LogP contribution is -2.47. The van der Waals surface area contributed by atoms with Crippen molar-refractivity contribution in [3.05, 3.63) is 42.2 Å². The first-order chi connectivity index (χ1) is 23.3. The number of nitrogens with two attached hydrogens (primary N) is 1. The normalized spacial score (nSPS) is 29.6. The molecule has 0 radical (unpaired) electrons. The number of carboxylic acids is 1. The number of aromatic carboxylic acids is 1. The largest absolute Gasteiger partial charge is 0.545 e. The standard InChI is InChI=1S/C23H31N6O18P3/c1-2-10-3-11(23(33)34)5-28(4-10)21-17(32)15(30)12(44-21)6-42-49(38,39)47-50(40,41)43-7-13-16(31)18(46-48(35,36)37)22(45-13)29-9-27-14-19(24)25-8-26-20(14)29/h3-5,8-9,12-13,15-18,21-22,30-32H,2,6-7H2,1H3,(H6-,24,25,26,33,34,35,36,37,38,39,40,41)/t12-,13+,15-,16+,17-,18+,21-,22+/m0/s1. The molecule has 0 saturated carbocycles. The summed E-state index contributed by atoms with van der Waals surface area (Å²) < 4.78 is 68.5. The molecular formula is C23H31N6O18P3. The lowest BCUT2D eigenvalue weighted by Gasteiger charge is -2.22. The maximum absolute atomic E-state index is 12.6. The summed E-state index contributed by atoms with van der Waals surface area (Å²) in [5, 5.41) is 43.2. The number of aliphatic hydroxyl groups excluding tert-OH is 3. The van der Waals surface area contributed by atoms with Crippen LogP contribution >= 0.6 is 23.5 Å².